The molecular weight excluding hydrogens is 258 g/mol. The van der Waals surface area contributed by atoms with Crippen LogP contribution >= 0.6 is 0 Å². The van der Waals surface area contributed by atoms with Crippen molar-refractivity contribution >= 4 is 17.1 Å². The van der Waals surface area contributed by atoms with Gasteiger partial charge in [-0.15, -0.1) is 0 Å². The Morgan fingerprint density at radius 1 is 1.30 bits per heavy atom. The summed E-state index contributed by atoms with van der Waals surface area (Å²) >= 11 is 0. The van der Waals surface area contributed by atoms with Crippen molar-refractivity contribution in [1.29, 1.82) is 0 Å². The molecule has 0 amide bonds. The van der Waals surface area contributed by atoms with Crippen LogP contribution in [0.2, 0.25) is 0 Å². The fourth-order valence-corrected chi connectivity index (χ4v) is 1.83. The van der Waals surface area contributed by atoms with E-state index in [9.17, 15) is 10.1 Å². The molecule has 104 valence electrons. The molecule has 0 radical (unpaired) electrons. The van der Waals surface area contributed by atoms with Gasteiger partial charge in [0.1, 0.15) is 5.75 Å². The largest absolute Gasteiger partial charge is 0.497 e. The maximum absolute atomic E-state index is 10.8. The molecule has 20 heavy (non-hydrogen) atoms. The first-order chi connectivity index (χ1) is 9.58. The Kier molecular flexibility index (Phi) is 4.05. The van der Waals surface area contributed by atoms with Gasteiger partial charge in [-0.1, -0.05) is 12.1 Å². The van der Waals surface area contributed by atoms with Gasteiger partial charge in [-0.05, 0) is 23.8 Å². The molecule has 3 N–H and O–H groups in total. The van der Waals surface area contributed by atoms with Gasteiger partial charge in [0, 0.05) is 30.1 Å². The summed E-state index contributed by atoms with van der Waals surface area (Å²) in [5.74, 6) is 0.767. The topological polar surface area (TPSA) is 90.4 Å². The quantitative estimate of drug-likeness (QED) is 0.496. The lowest BCUT2D eigenvalue weighted by Gasteiger charge is -2.08. The third kappa shape index (κ3) is 3.38. The Bertz CT molecular complexity index is 629. The van der Waals surface area contributed by atoms with Crippen LogP contribution in [0.25, 0.3) is 0 Å². The van der Waals surface area contributed by atoms with Crippen molar-refractivity contribution in [2.75, 3.05) is 18.2 Å². The van der Waals surface area contributed by atoms with Gasteiger partial charge in [0.25, 0.3) is 5.69 Å². The lowest BCUT2D eigenvalue weighted by Crippen LogP contribution is -2.01. The first kappa shape index (κ1) is 13.7. The van der Waals surface area contributed by atoms with E-state index in [4.69, 9.17) is 10.5 Å². The second-order valence-corrected chi connectivity index (χ2v) is 4.28. The van der Waals surface area contributed by atoms with E-state index < -0.39 is 4.92 Å². The number of hydrogen-bond donors (Lipinski definition) is 2. The van der Waals surface area contributed by atoms with Crippen molar-refractivity contribution in [3.05, 3.63) is 58.1 Å². The number of ether oxygens (including phenoxy) is 1. The van der Waals surface area contributed by atoms with Gasteiger partial charge in [0.2, 0.25) is 0 Å². The van der Waals surface area contributed by atoms with E-state index in [1.54, 1.807) is 13.2 Å². The summed E-state index contributed by atoms with van der Waals surface area (Å²) in [5, 5.41) is 13.9. The molecule has 2 aromatic rings. The van der Waals surface area contributed by atoms with Crippen LogP contribution in [-0.2, 0) is 6.54 Å². The van der Waals surface area contributed by atoms with Crippen LogP contribution in [0.4, 0.5) is 17.1 Å². The van der Waals surface area contributed by atoms with Crippen LogP contribution in [-0.4, -0.2) is 12.0 Å². The van der Waals surface area contributed by atoms with Crippen molar-refractivity contribution in [3.63, 3.8) is 0 Å². The highest BCUT2D eigenvalue weighted by Gasteiger charge is 2.08. The number of nitro groups is 1. The third-order valence-electron chi connectivity index (χ3n) is 2.78. The monoisotopic (exact) mass is 273 g/mol. The van der Waals surface area contributed by atoms with Gasteiger partial charge < -0.3 is 15.8 Å². The Balaban J connectivity index is 2.12. The first-order valence-corrected chi connectivity index (χ1v) is 6.00. The Morgan fingerprint density at radius 2 is 2.10 bits per heavy atom. The normalized spacial score (nSPS) is 10.1. The van der Waals surface area contributed by atoms with Crippen LogP contribution < -0.4 is 15.8 Å². The fraction of sp³-hybridized carbons (Fsp3) is 0.143. The number of hydrogen-bond acceptors (Lipinski definition) is 5. The van der Waals surface area contributed by atoms with Crippen molar-refractivity contribution < 1.29 is 9.66 Å². The van der Waals surface area contributed by atoms with E-state index in [2.05, 4.69) is 5.32 Å². The zero-order valence-electron chi connectivity index (χ0n) is 11.0. The van der Waals surface area contributed by atoms with Crippen LogP contribution in [0.1, 0.15) is 5.56 Å². The fourth-order valence-electron chi connectivity index (χ4n) is 1.83. The molecule has 6 nitrogen and oxygen atoms in total. The maximum atomic E-state index is 10.8. The van der Waals surface area contributed by atoms with Gasteiger partial charge >= 0.3 is 0 Å². The summed E-state index contributed by atoms with van der Waals surface area (Å²) in [7, 11) is 1.60. The lowest BCUT2D eigenvalue weighted by molar-refractivity contribution is -0.384. The molecule has 0 fully saturated rings. The van der Waals surface area contributed by atoms with Gasteiger partial charge in [-0.3, -0.25) is 10.1 Å². The highest BCUT2D eigenvalue weighted by Crippen LogP contribution is 2.23. The number of nitrogen functional groups attached to an aromatic ring is 1. The summed E-state index contributed by atoms with van der Waals surface area (Å²) in [6, 6.07) is 12.0. The molecule has 0 aliphatic carbocycles. The van der Waals surface area contributed by atoms with Gasteiger partial charge in [-0.25, -0.2) is 0 Å². The number of anilines is 2. The Hall–Kier alpha value is -2.76. The summed E-state index contributed by atoms with van der Waals surface area (Å²) < 4.78 is 5.14. The average Bonchev–Trinajstić information content (AvgIpc) is 2.44. The second kappa shape index (κ2) is 5.92. The molecular formula is C14H15N3O3. The molecule has 0 spiro atoms. The lowest BCUT2D eigenvalue weighted by atomic mass is 10.2. The molecule has 0 aliphatic rings. The standard InChI is InChI=1S/C14H15N3O3/c1-20-14-4-2-3-10(5-14)9-16-12-6-11(15)7-13(8-12)17(18)19/h2-8,16H,9,15H2,1H3. The molecule has 2 rings (SSSR count). The number of benzene rings is 2. The molecule has 2 aromatic carbocycles. The van der Waals surface area contributed by atoms with E-state index in [0.717, 1.165) is 11.3 Å². The second-order valence-electron chi connectivity index (χ2n) is 4.28. The Labute approximate surface area is 116 Å². The molecule has 0 saturated carbocycles. The SMILES string of the molecule is COc1cccc(CNc2cc(N)cc([N+](=O)[O-])c2)c1. The average molecular weight is 273 g/mol. The van der Waals surface area contributed by atoms with E-state index >= 15 is 0 Å². The minimum absolute atomic E-state index is 0.0295. The maximum Gasteiger partial charge on any atom is 0.273 e. The van der Waals surface area contributed by atoms with Crippen LogP contribution in [0, 0.1) is 10.1 Å². The molecule has 0 saturated heterocycles. The Morgan fingerprint density at radius 3 is 2.80 bits per heavy atom. The highest BCUT2D eigenvalue weighted by atomic mass is 16.6. The van der Waals surface area contributed by atoms with Crippen molar-refractivity contribution in [1.82, 2.24) is 0 Å². The molecule has 6 heteroatoms. The van der Waals surface area contributed by atoms with Crippen LogP contribution in [0.3, 0.4) is 0 Å². The third-order valence-corrected chi connectivity index (χ3v) is 2.78. The molecule has 0 aliphatic heterocycles. The molecule has 0 bridgehead atoms. The molecule has 0 atom stereocenters. The van der Waals surface area contributed by atoms with E-state index in [1.807, 2.05) is 24.3 Å². The number of nitro benzene ring substituents is 1. The smallest absolute Gasteiger partial charge is 0.273 e. The predicted molar refractivity (Wildman–Crippen MR) is 77.8 cm³/mol. The van der Waals surface area contributed by atoms with Crippen molar-refractivity contribution in [2.24, 2.45) is 0 Å². The summed E-state index contributed by atoms with van der Waals surface area (Å²) in [4.78, 5) is 10.3. The number of methoxy groups -OCH3 is 1. The van der Waals surface area contributed by atoms with Crippen LogP contribution in [0.5, 0.6) is 5.75 Å². The number of nitrogens with zero attached hydrogens (tertiary/aromatic N) is 1. The van der Waals surface area contributed by atoms with E-state index in [1.165, 1.54) is 12.1 Å². The first-order valence-electron chi connectivity index (χ1n) is 6.00. The van der Waals surface area contributed by atoms with E-state index in [0.29, 0.717) is 17.9 Å². The zero-order chi connectivity index (χ0) is 14.5. The van der Waals surface area contributed by atoms with Crippen molar-refractivity contribution in [2.45, 2.75) is 6.54 Å². The van der Waals surface area contributed by atoms with Crippen LogP contribution in [0.15, 0.2) is 42.5 Å². The molecule has 0 heterocycles. The van der Waals surface area contributed by atoms with Gasteiger partial charge in [-0.2, -0.15) is 0 Å². The number of non-ortho nitro benzene ring substituents is 1. The number of nitrogens with two attached hydrogens (primary N) is 1. The molecule has 0 unspecified atom stereocenters. The minimum Gasteiger partial charge on any atom is -0.497 e. The zero-order valence-corrected chi connectivity index (χ0v) is 11.0. The summed E-state index contributed by atoms with van der Waals surface area (Å²) in [6.45, 7) is 0.526. The number of rotatable bonds is 5. The number of nitrogens with one attached hydrogen (secondary N) is 1. The molecule has 0 aromatic heterocycles. The summed E-state index contributed by atoms with van der Waals surface area (Å²) in [6.07, 6.45) is 0. The summed E-state index contributed by atoms with van der Waals surface area (Å²) in [5.41, 5.74) is 7.59. The van der Waals surface area contributed by atoms with Crippen molar-refractivity contribution in [3.8, 4) is 5.75 Å². The predicted octanol–water partition coefficient (Wildman–Crippen LogP) is 2.80. The van der Waals surface area contributed by atoms with Gasteiger partial charge in [0.15, 0.2) is 0 Å². The highest BCUT2D eigenvalue weighted by molar-refractivity contribution is 5.61. The minimum atomic E-state index is -0.465. The van der Waals surface area contributed by atoms with Gasteiger partial charge in [0.05, 0.1) is 12.0 Å². The van der Waals surface area contributed by atoms with E-state index in [-0.39, 0.29) is 5.69 Å².